The van der Waals surface area contributed by atoms with Gasteiger partial charge in [0.15, 0.2) is 5.39 Å². The number of rotatable bonds is 5. The molecule has 4 rings (SSSR count). The quantitative estimate of drug-likeness (QED) is 0.483. The molecule has 0 bridgehead atoms. The van der Waals surface area contributed by atoms with E-state index in [1.807, 2.05) is 0 Å². The molecule has 2 aromatic heterocycles. The molecule has 0 amide bonds. The Bertz CT molecular complexity index is 1330. The minimum atomic E-state index is -0.544. The molecule has 0 N–H and O–H groups in total. The summed E-state index contributed by atoms with van der Waals surface area (Å²) >= 11 is 0. The molecular weight excluding hydrogens is 379 g/mol. The Balaban J connectivity index is 2.08. The van der Waals surface area contributed by atoms with Crippen LogP contribution >= 0.6 is 0 Å². The molecule has 0 radical (unpaired) electrons. The van der Waals surface area contributed by atoms with Crippen LogP contribution < -0.4 is 15.7 Å². The molecule has 0 aliphatic rings. The summed E-state index contributed by atoms with van der Waals surface area (Å²) in [6, 6.07) is 10.3. The maximum Gasteiger partial charge on any atom is 0.269 e. The SMILES string of the molecule is COCCn1c(-c2ccc(F)cc2)nc2oc3cc(OC)ccc3c(=O)c2c1=O. The summed E-state index contributed by atoms with van der Waals surface area (Å²) in [7, 11) is 3.01. The van der Waals surface area contributed by atoms with Crippen molar-refractivity contribution < 1.29 is 18.3 Å². The van der Waals surface area contributed by atoms with Gasteiger partial charge in [-0.1, -0.05) is 0 Å². The molecule has 2 aromatic carbocycles. The van der Waals surface area contributed by atoms with E-state index in [9.17, 15) is 14.0 Å². The number of nitrogens with zero attached hydrogens (tertiary/aromatic N) is 2. The fraction of sp³-hybridized carbons (Fsp3) is 0.190. The Morgan fingerprint density at radius 1 is 1.10 bits per heavy atom. The fourth-order valence-corrected chi connectivity index (χ4v) is 3.15. The van der Waals surface area contributed by atoms with E-state index >= 15 is 0 Å². The average Bonchev–Trinajstić information content (AvgIpc) is 2.73. The van der Waals surface area contributed by atoms with Gasteiger partial charge in [0.05, 0.1) is 25.6 Å². The number of hydrogen-bond acceptors (Lipinski definition) is 6. The van der Waals surface area contributed by atoms with Crippen molar-refractivity contribution in [3.8, 4) is 17.1 Å². The van der Waals surface area contributed by atoms with Crippen LogP contribution in [-0.4, -0.2) is 30.4 Å². The second kappa shape index (κ2) is 7.48. The molecule has 0 aliphatic heterocycles. The summed E-state index contributed by atoms with van der Waals surface area (Å²) in [5.41, 5.74) is -0.340. The molecule has 0 unspecified atom stereocenters. The zero-order chi connectivity index (χ0) is 20.5. The second-order valence-electron chi connectivity index (χ2n) is 6.37. The van der Waals surface area contributed by atoms with Gasteiger partial charge >= 0.3 is 0 Å². The fourth-order valence-electron chi connectivity index (χ4n) is 3.15. The molecule has 29 heavy (non-hydrogen) atoms. The number of methoxy groups -OCH3 is 2. The molecule has 4 aromatic rings. The van der Waals surface area contributed by atoms with Gasteiger partial charge in [-0.15, -0.1) is 0 Å². The molecule has 0 saturated carbocycles. The van der Waals surface area contributed by atoms with Crippen LogP contribution in [0, 0.1) is 5.82 Å². The standard InChI is InChI=1S/C21H17FN2O5/c1-27-10-9-24-19(12-3-5-13(22)6-4-12)23-20-17(21(24)26)18(25)15-8-7-14(28-2)11-16(15)29-20/h3-8,11H,9-10H2,1-2H3. The molecule has 0 spiro atoms. The molecule has 148 valence electrons. The van der Waals surface area contributed by atoms with Crippen LogP contribution in [0.25, 0.3) is 33.5 Å². The topological polar surface area (TPSA) is 83.6 Å². The third kappa shape index (κ3) is 3.27. The zero-order valence-electron chi connectivity index (χ0n) is 15.8. The second-order valence-corrected chi connectivity index (χ2v) is 6.37. The van der Waals surface area contributed by atoms with Crippen molar-refractivity contribution in [2.24, 2.45) is 0 Å². The lowest BCUT2D eigenvalue weighted by Gasteiger charge is -2.13. The predicted octanol–water partition coefficient (Wildman–Crippen LogP) is 2.96. The van der Waals surface area contributed by atoms with Crippen molar-refractivity contribution in [3.63, 3.8) is 0 Å². The first kappa shape index (κ1) is 18.8. The Morgan fingerprint density at radius 3 is 2.55 bits per heavy atom. The Kier molecular flexibility index (Phi) is 4.85. The highest BCUT2D eigenvalue weighted by Gasteiger charge is 2.19. The summed E-state index contributed by atoms with van der Waals surface area (Å²) in [5.74, 6) is 0.349. The van der Waals surface area contributed by atoms with Crippen molar-refractivity contribution >= 4 is 22.1 Å². The van der Waals surface area contributed by atoms with Crippen LogP contribution in [-0.2, 0) is 11.3 Å². The van der Waals surface area contributed by atoms with Gasteiger partial charge in [0.25, 0.3) is 5.56 Å². The van der Waals surface area contributed by atoms with Crippen molar-refractivity contribution in [1.82, 2.24) is 9.55 Å². The van der Waals surface area contributed by atoms with E-state index in [4.69, 9.17) is 13.9 Å². The highest BCUT2D eigenvalue weighted by Crippen LogP contribution is 2.23. The van der Waals surface area contributed by atoms with Gasteiger partial charge in [-0.2, -0.15) is 4.98 Å². The minimum absolute atomic E-state index is 0.0891. The first-order valence-corrected chi connectivity index (χ1v) is 8.83. The van der Waals surface area contributed by atoms with Crippen molar-refractivity contribution in [2.45, 2.75) is 6.54 Å². The molecule has 8 heteroatoms. The molecule has 0 fully saturated rings. The van der Waals surface area contributed by atoms with E-state index in [2.05, 4.69) is 4.98 Å². The Labute approximate surface area is 163 Å². The maximum absolute atomic E-state index is 13.4. The van der Waals surface area contributed by atoms with Gasteiger partial charge in [0.1, 0.15) is 23.0 Å². The number of hydrogen-bond donors (Lipinski definition) is 0. The van der Waals surface area contributed by atoms with E-state index in [0.29, 0.717) is 11.3 Å². The lowest BCUT2D eigenvalue weighted by molar-refractivity contribution is 0.186. The summed E-state index contributed by atoms with van der Waals surface area (Å²) in [6.07, 6.45) is 0. The molecule has 7 nitrogen and oxygen atoms in total. The van der Waals surface area contributed by atoms with Crippen LogP contribution in [0.3, 0.4) is 0 Å². The van der Waals surface area contributed by atoms with Crippen LogP contribution in [0.5, 0.6) is 5.75 Å². The summed E-state index contributed by atoms with van der Waals surface area (Å²) < 4.78 is 30.7. The maximum atomic E-state index is 13.4. The number of benzene rings is 2. The van der Waals surface area contributed by atoms with Crippen LogP contribution in [0.2, 0.25) is 0 Å². The van der Waals surface area contributed by atoms with Crippen LogP contribution in [0.1, 0.15) is 0 Å². The predicted molar refractivity (Wildman–Crippen MR) is 106 cm³/mol. The summed E-state index contributed by atoms with van der Waals surface area (Å²) in [6.45, 7) is 0.405. The third-order valence-electron chi connectivity index (χ3n) is 4.62. The van der Waals surface area contributed by atoms with Crippen LogP contribution in [0.15, 0.2) is 56.5 Å². The van der Waals surface area contributed by atoms with E-state index in [1.165, 1.54) is 43.1 Å². The Hall–Kier alpha value is -3.52. The van der Waals surface area contributed by atoms with Gasteiger partial charge in [0, 0.05) is 18.7 Å². The molecule has 2 heterocycles. The van der Waals surface area contributed by atoms with E-state index < -0.39 is 16.8 Å². The van der Waals surface area contributed by atoms with Gasteiger partial charge < -0.3 is 13.9 Å². The van der Waals surface area contributed by atoms with Gasteiger partial charge in [-0.05, 0) is 36.4 Å². The highest BCUT2D eigenvalue weighted by molar-refractivity contribution is 5.89. The molecule has 0 saturated heterocycles. The third-order valence-corrected chi connectivity index (χ3v) is 4.62. The van der Waals surface area contributed by atoms with Crippen molar-refractivity contribution in [3.05, 3.63) is 68.9 Å². The number of ether oxygens (including phenoxy) is 2. The minimum Gasteiger partial charge on any atom is -0.497 e. The van der Waals surface area contributed by atoms with E-state index in [-0.39, 0.29) is 41.0 Å². The summed E-state index contributed by atoms with van der Waals surface area (Å²) in [4.78, 5) is 30.6. The molecule has 0 atom stereocenters. The lowest BCUT2D eigenvalue weighted by Crippen LogP contribution is -2.29. The van der Waals surface area contributed by atoms with Crippen LogP contribution in [0.4, 0.5) is 4.39 Å². The van der Waals surface area contributed by atoms with Gasteiger partial charge in [-0.3, -0.25) is 14.2 Å². The smallest absolute Gasteiger partial charge is 0.269 e. The zero-order valence-corrected chi connectivity index (χ0v) is 15.8. The molecular formula is C21H17FN2O5. The monoisotopic (exact) mass is 396 g/mol. The molecule has 0 aliphatic carbocycles. The summed E-state index contributed by atoms with van der Waals surface area (Å²) in [5, 5.41) is 0.106. The van der Waals surface area contributed by atoms with E-state index in [0.717, 1.165) is 0 Å². The van der Waals surface area contributed by atoms with Crippen molar-refractivity contribution in [1.29, 1.82) is 0 Å². The highest BCUT2D eigenvalue weighted by atomic mass is 19.1. The first-order chi connectivity index (χ1) is 14.0. The van der Waals surface area contributed by atoms with Crippen molar-refractivity contribution in [2.75, 3.05) is 20.8 Å². The lowest BCUT2D eigenvalue weighted by atomic mass is 10.1. The number of aromatic nitrogens is 2. The van der Waals surface area contributed by atoms with Gasteiger partial charge in [-0.25, -0.2) is 4.39 Å². The largest absolute Gasteiger partial charge is 0.497 e. The normalized spacial score (nSPS) is 11.3. The average molecular weight is 396 g/mol. The first-order valence-electron chi connectivity index (χ1n) is 8.83. The van der Waals surface area contributed by atoms with Gasteiger partial charge in [0.2, 0.25) is 11.1 Å². The Morgan fingerprint density at radius 2 is 1.86 bits per heavy atom. The van der Waals surface area contributed by atoms with E-state index in [1.54, 1.807) is 18.2 Å². The number of fused-ring (bicyclic) bond motifs is 2. The number of halogens is 1.